The maximum absolute atomic E-state index is 12.4. The number of benzene rings is 2. The highest BCUT2D eigenvalue weighted by Gasteiger charge is 2.20. The van der Waals surface area contributed by atoms with E-state index in [0.29, 0.717) is 22.7 Å². The Morgan fingerprint density at radius 3 is 2.24 bits per heavy atom. The summed E-state index contributed by atoms with van der Waals surface area (Å²) in [6.07, 6.45) is 0.0568. The topological polar surface area (TPSA) is 108 Å². The highest BCUT2D eigenvalue weighted by Crippen LogP contribution is 2.29. The number of methoxy groups -OCH3 is 2. The molecule has 2 rings (SSSR count). The van der Waals surface area contributed by atoms with Crippen LogP contribution in [0.4, 0.5) is 5.69 Å². The molecule has 0 fully saturated rings. The molecule has 0 aliphatic carbocycles. The second-order valence-electron chi connectivity index (χ2n) is 6.37. The zero-order valence-electron chi connectivity index (χ0n) is 16.6. The van der Waals surface area contributed by atoms with Crippen LogP contribution >= 0.6 is 0 Å². The first-order chi connectivity index (χ1) is 13.6. The van der Waals surface area contributed by atoms with E-state index in [-0.39, 0.29) is 11.3 Å². The fourth-order valence-corrected chi connectivity index (χ4v) is 3.27. The summed E-state index contributed by atoms with van der Waals surface area (Å²) in [4.78, 5) is 24.7. The van der Waals surface area contributed by atoms with Crippen molar-refractivity contribution >= 4 is 27.4 Å². The van der Waals surface area contributed by atoms with E-state index in [4.69, 9.17) is 14.2 Å². The highest BCUT2D eigenvalue weighted by atomic mass is 32.2. The summed E-state index contributed by atoms with van der Waals surface area (Å²) in [5.41, 5.74) is 1.14. The first-order valence-electron chi connectivity index (χ1n) is 8.63. The van der Waals surface area contributed by atoms with Crippen molar-refractivity contribution in [3.05, 3.63) is 53.6 Å². The Balaban J connectivity index is 2.03. The Labute approximate surface area is 169 Å². The standard InChI is InChI=1S/C20H23NO7S/c1-13(19(22)21-17-11-16(26-2)9-10-18(17)27-3)28-20(23)15-7-5-14(6-8-15)12-29(4,24)25/h5-11,13H,12H2,1-4H3,(H,21,22). The minimum absolute atomic E-state index is 0.122. The van der Waals surface area contributed by atoms with Crippen LogP contribution in [0, 0.1) is 0 Å². The van der Waals surface area contributed by atoms with Crippen LogP contribution in [0.5, 0.6) is 11.5 Å². The van der Waals surface area contributed by atoms with Crippen LogP contribution < -0.4 is 14.8 Å². The molecule has 0 aliphatic heterocycles. The van der Waals surface area contributed by atoms with Gasteiger partial charge in [-0.1, -0.05) is 12.1 Å². The van der Waals surface area contributed by atoms with Crippen LogP contribution in [-0.4, -0.2) is 46.9 Å². The Kier molecular flexibility index (Phi) is 7.22. The number of sulfone groups is 1. The van der Waals surface area contributed by atoms with Crippen molar-refractivity contribution in [3.8, 4) is 11.5 Å². The molecule has 0 radical (unpaired) electrons. The predicted molar refractivity (Wildman–Crippen MR) is 108 cm³/mol. The molecule has 8 nitrogen and oxygen atoms in total. The average Bonchev–Trinajstić information content (AvgIpc) is 2.67. The zero-order valence-corrected chi connectivity index (χ0v) is 17.4. The number of carbonyl (C=O) groups is 2. The SMILES string of the molecule is COc1ccc(OC)c(NC(=O)C(C)OC(=O)c2ccc(CS(C)(=O)=O)cc2)c1. The second-order valence-corrected chi connectivity index (χ2v) is 8.51. The van der Waals surface area contributed by atoms with Gasteiger partial charge in [-0.3, -0.25) is 4.79 Å². The lowest BCUT2D eigenvalue weighted by Gasteiger charge is -2.16. The van der Waals surface area contributed by atoms with Crippen molar-refractivity contribution in [1.29, 1.82) is 0 Å². The van der Waals surface area contributed by atoms with Crippen molar-refractivity contribution in [2.75, 3.05) is 25.8 Å². The van der Waals surface area contributed by atoms with Crippen molar-refractivity contribution in [2.45, 2.75) is 18.8 Å². The minimum Gasteiger partial charge on any atom is -0.497 e. The third-order valence-electron chi connectivity index (χ3n) is 3.94. The molecule has 1 atom stereocenters. The van der Waals surface area contributed by atoms with E-state index < -0.39 is 27.8 Å². The van der Waals surface area contributed by atoms with Crippen molar-refractivity contribution in [2.24, 2.45) is 0 Å². The van der Waals surface area contributed by atoms with Gasteiger partial charge in [0.2, 0.25) is 0 Å². The number of anilines is 1. The largest absolute Gasteiger partial charge is 0.497 e. The van der Waals surface area contributed by atoms with Crippen molar-refractivity contribution in [3.63, 3.8) is 0 Å². The number of carbonyl (C=O) groups excluding carboxylic acids is 2. The van der Waals surface area contributed by atoms with E-state index in [9.17, 15) is 18.0 Å². The number of ether oxygens (including phenoxy) is 3. The Morgan fingerprint density at radius 1 is 1.03 bits per heavy atom. The Morgan fingerprint density at radius 2 is 1.69 bits per heavy atom. The van der Waals surface area contributed by atoms with Gasteiger partial charge >= 0.3 is 5.97 Å². The van der Waals surface area contributed by atoms with Gasteiger partial charge < -0.3 is 19.5 Å². The molecule has 0 saturated carbocycles. The van der Waals surface area contributed by atoms with E-state index in [1.54, 1.807) is 18.2 Å². The van der Waals surface area contributed by atoms with Crippen molar-refractivity contribution in [1.82, 2.24) is 0 Å². The van der Waals surface area contributed by atoms with Gasteiger partial charge in [-0.05, 0) is 36.8 Å². The molecule has 0 aliphatic rings. The van der Waals surface area contributed by atoms with Crippen LogP contribution in [0.1, 0.15) is 22.8 Å². The summed E-state index contributed by atoms with van der Waals surface area (Å²) < 4.78 is 38.2. The van der Waals surface area contributed by atoms with Crippen LogP contribution in [0.2, 0.25) is 0 Å². The molecule has 2 aromatic carbocycles. The molecule has 0 aromatic heterocycles. The summed E-state index contributed by atoms with van der Waals surface area (Å²) in [6, 6.07) is 10.9. The van der Waals surface area contributed by atoms with Crippen LogP contribution in [0.3, 0.4) is 0 Å². The maximum Gasteiger partial charge on any atom is 0.338 e. The number of nitrogens with one attached hydrogen (secondary N) is 1. The molecular weight excluding hydrogens is 398 g/mol. The van der Waals surface area contributed by atoms with Gasteiger partial charge in [-0.25, -0.2) is 13.2 Å². The van der Waals surface area contributed by atoms with Gasteiger partial charge in [0.15, 0.2) is 15.9 Å². The third-order valence-corrected chi connectivity index (χ3v) is 4.79. The maximum atomic E-state index is 12.4. The molecule has 0 bridgehead atoms. The molecule has 1 N–H and O–H groups in total. The smallest absolute Gasteiger partial charge is 0.338 e. The Bertz CT molecular complexity index is 984. The quantitative estimate of drug-likeness (QED) is 0.652. The minimum atomic E-state index is -3.17. The molecule has 9 heteroatoms. The molecule has 156 valence electrons. The predicted octanol–water partition coefficient (Wildman–Crippen LogP) is 2.43. The van der Waals surface area contributed by atoms with Gasteiger partial charge in [0.05, 0.1) is 31.2 Å². The summed E-state index contributed by atoms with van der Waals surface area (Å²) in [5.74, 6) is -0.405. The first-order valence-corrected chi connectivity index (χ1v) is 10.7. The van der Waals surface area contributed by atoms with E-state index in [2.05, 4.69) is 5.32 Å². The Hall–Kier alpha value is -3.07. The second kappa shape index (κ2) is 9.42. The molecule has 1 unspecified atom stereocenters. The van der Waals surface area contributed by atoms with Gasteiger partial charge in [-0.15, -0.1) is 0 Å². The van der Waals surface area contributed by atoms with E-state index in [0.717, 1.165) is 6.26 Å². The summed E-state index contributed by atoms with van der Waals surface area (Å²) in [6.45, 7) is 1.44. The normalized spacial score (nSPS) is 12.0. The summed E-state index contributed by atoms with van der Waals surface area (Å²) >= 11 is 0. The van der Waals surface area contributed by atoms with E-state index in [1.165, 1.54) is 45.4 Å². The zero-order chi connectivity index (χ0) is 21.6. The van der Waals surface area contributed by atoms with E-state index >= 15 is 0 Å². The van der Waals surface area contributed by atoms with Crippen LogP contribution in [0.25, 0.3) is 0 Å². The lowest BCUT2D eigenvalue weighted by Crippen LogP contribution is -2.30. The van der Waals surface area contributed by atoms with Crippen molar-refractivity contribution < 1.29 is 32.2 Å². The number of amides is 1. The molecule has 0 spiro atoms. The number of rotatable bonds is 8. The summed E-state index contributed by atoms with van der Waals surface area (Å²) in [7, 11) is -0.204. The number of esters is 1. The van der Waals surface area contributed by atoms with E-state index in [1.807, 2.05) is 0 Å². The lowest BCUT2D eigenvalue weighted by molar-refractivity contribution is -0.123. The molecular formula is C20H23NO7S. The molecule has 1 amide bonds. The molecule has 29 heavy (non-hydrogen) atoms. The van der Waals surface area contributed by atoms with Gasteiger partial charge in [0.1, 0.15) is 11.5 Å². The summed E-state index contributed by atoms with van der Waals surface area (Å²) in [5, 5.41) is 2.64. The molecule has 0 heterocycles. The first kappa shape index (κ1) is 22.2. The van der Waals surface area contributed by atoms with Gasteiger partial charge in [0, 0.05) is 12.3 Å². The average molecular weight is 421 g/mol. The lowest BCUT2D eigenvalue weighted by atomic mass is 10.1. The van der Waals surface area contributed by atoms with Crippen LogP contribution in [0.15, 0.2) is 42.5 Å². The number of hydrogen-bond donors (Lipinski definition) is 1. The number of hydrogen-bond acceptors (Lipinski definition) is 7. The fraction of sp³-hybridized carbons (Fsp3) is 0.300. The molecule has 0 saturated heterocycles. The van der Waals surface area contributed by atoms with Crippen LogP contribution in [-0.2, 0) is 25.1 Å². The third kappa shape index (κ3) is 6.49. The highest BCUT2D eigenvalue weighted by molar-refractivity contribution is 7.89. The van der Waals surface area contributed by atoms with Gasteiger partial charge in [-0.2, -0.15) is 0 Å². The molecule has 2 aromatic rings. The fourth-order valence-electron chi connectivity index (χ4n) is 2.47. The monoisotopic (exact) mass is 421 g/mol. The van der Waals surface area contributed by atoms with Gasteiger partial charge in [0.25, 0.3) is 5.91 Å².